The average molecular weight is 356 g/mol. The number of rotatable bonds is 6. The Labute approximate surface area is 151 Å². The van der Waals surface area contributed by atoms with Gasteiger partial charge in [0.05, 0.1) is 10.5 Å². The summed E-state index contributed by atoms with van der Waals surface area (Å²) in [5.41, 5.74) is 0.578. The van der Waals surface area contributed by atoms with Gasteiger partial charge >= 0.3 is 0 Å². The predicted octanol–water partition coefficient (Wildman–Crippen LogP) is 4.48. The molecule has 0 N–H and O–H groups in total. The third-order valence-corrected chi connectivity index (χ3v) is 4.97. The topological polar surface area (TPSA) is 63.5 Å². The average Bonchev–Trinajstić information content (AvgIpc) is 2.59. The zero-order valence-corrected chi connectivity index (χ0v) is 14.7. The van der Waals surface area contributed by atoms with Crippen LogP contribution in [0.3, 0.4) is 0 Å². The lowest BCUT2D eigenvalue weighted by molar-refractivity contribution is -0.385. The highest BCUT2D eigenvalue weighted by atomic mass is 19.1. The summed E-state index contributed by atoms with van der Waals surface area (Å²) in [6, 6.07) is 11.8. The Kier molecular flexibility index (Phi) is 5.30. The van der Waals surface area contributed by atoms with Crippen LogP contribution in [0.2, 0.25) is 0 Å². The SMILES string of the molecule is Cc1c(F)cc(C(=O)N(Cc2ccccc2)CC2CCC2)cc1[N+](=O)[O-]. The first kappa shape index (κ1) is 18.0. The lowest BCUT2D eigenvalue weighted by Crippen LogP contribution is -2.37. The number of nitro benzene ring substituents is 1. The molecule has 0 aromatic heterocycles. The predicted molar refractivity (Wildman–Crippen MR) is 96.3 cm³/mol. The molecule has 0 bridgehead atoms. The number of amides is 1. The molecule has 5 nitrogen and oxygen atoms in total. The van der Waals surface area contributed by atoms with Crippen LogP contribution in [0.1, 0.15) is 40.7 Å². The lowest BCUT2D eigenvalue weighted by atomic mass is 9.85. The van der Waals surface area contributed by atoms with E-state index in [-0.39, 0.29) is 22.7 Å². The maximum Gasteiger partial charge on any atom is 0.276 e. The summed E-state index contributed by atoms with van der Waals surface area (Å²) in [5, 5.41) is 11.2. The molecule has 0 heterocycles. The molecule has 0 saturated heterocycles. The molecule has 1 saturated carbocycles. The largest absolute Gasteiger partial charge is 0.334 e. The summed E-state index contributed by atoms with van der Waals surface area (Å²) in [5.74, 6) is -0.665. The summed E-state index contributed by atoms with van der Waals surface area (Å²) >= 11 is 0. The molecular weight excluding hydrogens is 335 g/mol. The number of nitrogens with zero attached hydrogens (tertiary/aromatic N) is 2. The molecule has 0 spiro atoms. The molecule has 0 unspecified atom stereocenters. The first-order valence-corrected chi connectivity index (χ1v) is 8.73. The Hall–Kier alpha value is -2.76. The van der Waals surface area contributed by atoms with E-state index in [9.17, 15) is 19.3 Å². The Morgan fingerprint density at radius 3 is 2.54 bits per heavy atom. The molecule has 0 radical (unpaired) electrons. The Balaban J connectivity index is 1.90. The van der Waals surface area contributed by atoms with Gasteiger partial charge in [-0.1, -0.05) is 36.8 Å². The van der Waals surface area contributed by atoms with Crippen LogP contribution in [0, 0.1) is 28.8 Å². The first-order valence-electron chi connectivity index (χ1n) is 8.73. The smallest absolute Gasteiger partial charge is 0.276 e. The van der Waals surface area contributed by atoms with Gasteiger partial charge in [-0.2, -0.15) is 0 Å². The molecule has 1 aliphatic carbocycles. The number of nitro groups is 1. The standard InChI is InChI=1S/C20H21FN2O3/c1-14-18(21)10-17(11-19(14)23(25)26)20(24)22(13-16-8-5-9-16)12-15-6-3-2-4-7-15/h2-4,6-7,10-11,16H,5,8-9,12-13H2,1H3. The maximum atomic E-state index is 14.1. The van der Waals surface area contributed by atoms with Crippen LogP contribution in [0.5, 0.6) is 0 Å². The molecule has 2 aromatic carbocycles. The summed E-state index contributed by atoms with van der Waals surface area (Å²) in [7, 11) is 0. The monoisotopic (exact) mass is 356 g/mol. The van der Waals surface area contributed by atoms with Crippen molar-refractivity contribution in [2.24, 2.45) is 5.92 Å². The van der Waals surface area contributed by atoms with Gasteiger partial charge in [0.15, 0.2) is 0 Å². The Morgan fingerprint density at radius 1 is 1.27 bits per heavy atom. The van der Waals surface area contributed by atoms with Gasteiger partial charge < -0.3 is 4.90 Å². The highest BCUT2D eigenvalue weighted by Crippen LogP contribution is 2.29. The van der Waals surface area contributed by atoms with Gasteiger partial charge in [0.25, 0.3) is 11.6 Å². The Bertz CT molecular complexity index is 819. The van der Waals surface area contributed by atoms with Crippen LogP contribution in [0.15, 0.2) is 42.5 Å². The highest BCUT2D eigenvalue weighted by Gasteiger charge is 2.27. The maximum absolute atomic E-state index is 14.1. The van der Waals surface area contributed by atoms with Gasteiger partial charge in [-0.3, -0.25) is 14.9 Å². The minimum Gasteiger partial charge on any atom is -0.334 e. The number of hydrogen-bond acceptors (Lipinski definition) is 3. The van der Waals surface area contributed by atoms with Crippen molar-refractivity contribution in [3.05, 3.63) is 75.1 Å². The van der Waals surface area contributed by atoms with Crippen LogP contribution in [-0.2, 0) is 6.54 Å². The molecular formula is C20H21FN2O3. The number of carbonyl (C=O) groups is 1. The van der Waals surface area contributed by atoms with Crippen molar-refractivity contribution in [3.8, 4) is 0 Å². The van der Waals surface area contributed by atoms with E-state index in [2.05, 4.69) is 0 Å². The van der Waals surface area contributed by atoms with E-state index in [4.69, 9.17) is 0 Å². The molecule has 3 rings (SSSR count). The molecule has 0 aliphatic heterocycles. The van der Waals surface area contributed by atoms with Crippen molar-refractivity contribution in [2.75, 3.05) is 6.54 Å². The van der Waals surface area contributed by atoms with Gasteiger partial charge in [-0.05, 0) is 37.3 Å². The quantitative estimate of drug-likeness (QED) is 0.566. The molecule has 26 heavy (non-hydrogen) atoms. The second-order valence-electron chi connectivity index (χ2n) is 6.83. The molecule has 2 aromatic rings. The molecule has 6 heteroatoms. The van der Waals surface area contributed by atoms with Crippen molar-refractivity contribution in [2.45, 2.75) is 32.7 Å². The number of hydrogen-bond donors (Lipinski definition) is 0. The van der Waals surface area contributed by atoms with Crippen LogP contribution in [-0.4, -0.2) is 22.3 Å². The van der Waals surface area contributed by atoms with Gasteiger partial charge in [-0.25, -0.2) is 4.39 Å². The van der Waals surface area contributed by atoms with E-state index in [1.807, 2.05) is 30.3 Å². The van der Waals surface area contributed by atoms with Gasteiger partial charge in [0.1, 0.15) is 5.82 Å². The number of carbonyl (C=O) groups excluding carboxylic acids is 1. The van der Waals surface area contributed by atoms with E-state index < -0.39 is 10.7 Å². The molecule has 136 valence electrons. The second-order valence-corrected chi connectivity index (χ2v) is 6.83. The Morgan fingerprint density at radius 2 is 1.96 bits per heavy atom. The van der Waals surface area contributed by atoms with Crippen molar-refractivity contribution in [3.63, 3.8) is 0 Å². The summed E-state index contributed by atoms with van der Waals surface area (Å²) < 4.78 is 14.1. The third kappa shape index (κ3) is 3.90. The fourth-order valence-corrected chi connectivity index (χ4v) is 3.17. The third-order valence-electron chi connectivity index (χ3n) is 4.97. The number of halogens is 1. The van der Waals surface area contributed by atoms with E-state index in [1.54, 1.807) is 4.90 Å². The summed E-state index contributed by atoms with van der Waals surface area (Å²) in [4.78, 5) is 25.2. The number of benzene rings is 2. The minimum absolute atomic E-state index is 0.0232. The lowest BCUT2D eigenvalue weighted by Gasteiger charge is -2.32. The normalized spacial score (nSPS) is 13.9. The minimum atomic E-state index is -0.731. The zero-order chi connectivity index (χ0) is 18.7. The van der Waals surface area contributed by atoms with Crippen LogP contribution in [0.4, 0.5) is 10.1 Å². The highest BCUT2D eigenvalue weighted by molar-refractivity contribution is 5.95. The first-order chi connectivity index (χ1) is 12.5. The van der Waals surface area contributed by atoms with Gasteiger partial charge in [0, 0.05) is 24.7 Å². The summed E-state index contributed by atoms with van der Waals surface area (Å²) in [6.45, 7) is 2.33. The second kappa shape index (κ2) is 7.64. The van der Waals surface area contributed by atoms with Gasteiger partial charge in [-0.15, -0.1) is 0 Å². The van der Waals surface area contributed by atoms with Crippen molar-refractivity contribution >= 4 is 11.6 Å². The van der Waals surface area contributed by atoms with Crippen LogP contribution < -0.4 is 0 Å². The fraction of sp³-hybridized carbons (Fsp3) is 0.350. The summed E-state index contributed by atoms with van der Waals surface area (Å²) in [6.07, 6.45) is 3.30. The van der Waals surface area contributed by atoms with Crippen molar-refractivity contribution in [1.29, 1.82) is 0 Å². The van der Waals surface area contributed by atoms with Crippen LogP contribution >= 0.6 is 0 Å². The fourth-order valence-electron chi connectivity index (χ4n) is 3.17. The molecule has 1 aliphatic rings. The van der Waals surface area contributed by atoms with E-state index in [0.717, 1.165) is 30.9 Å². The van der Waals surface area contributed by atoms with Crippen molar-refractivity contribution in [1.82, 2.24) is 4.90 Å². The van der Waals surface area contributed by atoms with Crippen LogP contribution in [0.25, 0.3) is 0 Å². The molecule has 0 atom stereocenters. The zero-order valence-electron chi connectivity index (χ0n) is 14.7. The van der Waals surface area contributed by atoms with E-state index in [1.165, 1.54) is 13.0 Å². The van der Waals surface area contributed by atoms with Crippen molar-refractivity contribution < 1.29 is 14.1 Å². The van der Waals surface area contributed by atoms with E-state index >= 15 is 0 Å². The van der Waals surface area contributed by atoms with Gasteiger partial charge in [0.2, 0.25) is 0 Å². The molecule has 1 amide bonds. The van der Waals surface area contributed by atoms with E-state index in [0.29, 0.717) is 19.0 Å². The molecule has 1 fully saturated rings.